The lowest BCUT2D eigenvalue weighted by Crippen LogP contribution is -2.12. The van der Waals surface area contributed by atoms with Crippen LogP contribution in [0.3, 0.4) is 0 Å². The molecule has 8 heteroatoms. The van der Waals surface area contributed by atoms with Crippen LogP contribution in [0.4, 0.5) is 0 Å². The lowest BCUT2D eigenvalue weighted by molar-refractivity contribution is 0.344. The first-order valence-corrected chi connectivity index (χ1v) is 7.86. The van der Waals surface area contributed by atoms with E-state index in [1.54, 1.807) is 30.5 Å². The van der Waals surface area contributed by atoms with E-state index in [0.717, 1.165) is 5.75 Å². The number of furan rings is 1. The van der Waals surface area contributed by atoms with Crippen molar-refractivity contribution in [2.24, 2.45) is 0 Å². The van der Waals surface area contributed by atoms with Crippen molar-refractivity contribution < 1.29 is 9.15 Å². The van der Waals surface area contributed by atoms with Crippen molar-refractivity contribution in [1.29, 1.82) is 0 Å². The lowest BCUT2D eigenvalue weighted by Gasteiger charge is -2.06. The molecule has 0 saturated carbocycles. The molecule has 3 aromatic rings. The summed E-state index contributed by atoms with van der Waals surface area (Å²) in [6.07, 6.45) is 1.57. The van der Waals surface area contributed by atoms with E-state index in [0.29, 0.717) is 34.1 Å². The highest BCUT2D eigenvalue weighted by atomic mass is 35.5. The van der Waals surface area contributed by atoms with Gasteiger partial charge in [0, 0.05) is 10.8 Å². The maximum atomic E-state index is 5.96. The second-order valence-electron chi connectivity index (χ2n) is 4.31. The van der Waals surface area contributed by atoms with Crippen molar-refractivity contribution in [3.8, 4) is 17.3 Å². The van der Waals surface area contributed by atoms with E-state index in [-0.39, 0.29) is 0 Å². The zero-order chi connectivity index (χ0) is 15.4. The van der Waals surface area contributed by atoms with Crippen LogP contribution >= 0.6 is 23.4 Å². The SMILES string of the molecule is Nn1c(SCCOc2cccc(Cl)c2)nnc1-c1ccco1. The van der Waals surface area contributed by atoms with Gasteiger partial charge in [0.1, 0.15) is 5.75 Å². The number of ether oxygens (including phenoxy) is 1. The minimum Gasteiger partial charge on any atom is -0.493 e. The van der Waals surface area contributed by atoms with Crippen molar-refractivity contribution >= 4 is 23.4 Å². The van der Waals surface area contributed by atoms with Crippen molar-refractivity contribution in [2.45, 2.75) is 5.16 Å². The highest BCUT2D eigenvalue weighted by Crippen LogP contribution is 2.22. The third-order valence-electron chi connectivity index (χ3n) is 2.79. The Morgan fingerprint density at radius 3 is 2.95 bits per heavy atom. The van der Waals surface area contributed by atoms with Gasteiger partial charge in [-0.05, 0) is 30.3 Å². The summed E-state index contributed by atoms with van der Waals surface area (Å²) in [6, 6.07) is 10.8. The van der Waals surface area contributed by atoms with Crippen molar-refractivity contribution in [3.05, 3.63) is 47.7 Å². The number of nitrogen functional groups attached to an aromatic ring is 1. The van der Waals surface area contributed by atoms with Gasteiger partial charge >= 0.3 is 0 Å². The quantitative estimate of drug-likeness (QED) is 0.423. The molecule has 0 spiro atoms. The molecule has 114 valence electrons. The Labute approximate surface area is 136 Å². The molecule has 0 aliphatic heterocycles. The van der Waals surface area contributed by atoms with Crippen LogP contribution in [0.2, 0.25) is 5.02 Å². The smallest absolute Gasteiger partial charge is 0.218 e. The highest BCUT2D eigenvalue weighted by Gasteiger charge is 2.13. The number of hydrogen-bond donors (Lipinski definition) is 1. The van der Waals surface area contributed by atoms with Gasteiger partial charge in [0.2, 0.25) is 11.0 Å². The molecule has 22 heavy (non-hydrogen) atoms. The molecule has 0 aliphatic carbocycles. The first-order chi connectivity index (χ1) is 10.7. The standard InChI is InChI=1S/C14H13ClN4O2S/c15-10-3-1-4-11(9-10)20-7-8-22-14-18-17-13(19(14)16)12-5-2-6-21-12/h1-6,9H,7-8,16H2. The van der Waals surface area contributed by atoms with Gasteiger partial charge in [-0.3, -0.25) is 0 Å². The topological polar surface area (TPSA) is 79.1 Å². The third kappa shape index (κ3) is 3.37. The molecule has 0 radical (unpaired) electrons. The Morgan fingerprint density at radius 1 is 1.27 bits per heavy atom. The largest absolute Gasteiger partial charge is 0.493 e. The van der Waals surface area contributed by atoms with Crippen LogP contribution in [-0.2, 0) is 0 Å². The first-order valence-electron chi connectivity index (χ1n) is 6.49. The van der Waals surface area contributed by atoms with Crippen LogP contribution in [0.25, 0.3) is 11.6 Å². The Balaban J connectivity index is 1.54. The molecule has 0 aliphatic rings. The van der Waals surface area contributed by atoms with E-state index >= 15 is 0 Å². The molecule has 0 fully saturated rings. The molecule has 2 heterocycles. The van der Waals surface area contributed by atoms with Gasteiger partial charge in [-0.2, -0.15) is 0 Å². The van der Waals surface area contributed by atoms with E-state index in [4.69, 9.17) is 26.6 Å². The Hall–Kier alpha value is -2.12. The molecule has 0 unspecified atom stereocenters. The molecule has 0 saturated heterocycles. The van der Waals surface area contributed by atoms with Gasteiger partial charge in [-0.15, -0.1) is 10.2 Å². The molecule has 6 nitrogen and oxygen atoms in total. The summed E-state index contributed by atoms with van der Waals surface area (Å²) in [5.74, 6) is 8.45. The predicted molar refractivity (Wildman–Crippen MR) is 85.5 cm³/mol. The Bertz CT molecular complexity index is 745. The monoisotopic (exact) mass is 336 g/mol. The van der Waals surface area contributed by atoms with Crippen molar-refractivity contribution in [3.63, 3.8) is 0 Å². The van der Waals surface area contributed by atoms with Gasteiger partial charge in [-0.1, -0.05) is 29.4 Å². The number of thioether (sulfide) groups is 1. The number of hydrogen-bond acceptors (Lipinski definition) is 6. The molecule has 3 rings (SSSR count). The summed E-state index contributed by atoms with van der Waals surface area (Å²) in [5, 5.41) is 9.31. The van der Waals surface area contributed by atoms with Gasteiger partial charge in [-0.25, -0.2) is 4.68 Å². The van der Waals surface area contributed by atoms with Crippen LogP contribution in [0.1, 0.15) is 0 Å². The van der Waals surface area contributed by atoms with Crippen LogP contribution in [0.15, 0.2) is 52.2 Å². The Kier molecular flexibility index (Phi) is 4.55. The third-order valence-corrected chi connectivity index (χ3v) is 3.93. The average molecular weight is 337 g/mol. The maximum Gasteiger partial charge on any atom is 0.218 e. The van der Waals surface area contributed by atoms with Crippen LogP contribution in [-0.4, -0.2) is 27.2 Å². The number of nitrogens with zero attached hydrogens (tertiary/aromatic N) is 3. The fraction of sp³-hybridized carbons (Fsp3) is 0.143. The van der Waals surface area contributed by atoms with Gasteiger partial charge < -0.3 is 15.0 Å². The highest BCUT2D eigenvalue weighted by molar-refractivity contribution is 7.99. The molecular formula is C14H13ClN4O2S. The second kappa shape index (κ2) is 6.76. The lowest BCUT2D eigenvalue weighted by atomic mass is 10.3. The van der Waals surface area contributed by atoms with Gasteiger partial charge in [0.15, 0.2) is 5.76 Å². The van der Waals surface area contributed by atoms with Crippen LogP contribution in [0.5, 0.6) is 5.75 Å². The molecule has 2 aromatic heterocycles. The fourth-order valence-corrected chi connectivity index (χ4v) is 2.65. The predicted octanol–water partition coefficient (Wildman–Crippen LogP) is 3.08. The molecular weight excluding hydrogens is 324 g/mol. The summed E-state index contributed by atoms with van der Waals surface area (Å²) >= 11 is 7.35. The van der Waals surface area contributed by atoms with Crippen LogP contribution in [0, 0.1) is 0 Å². The first kappa shape index (κ1) is 14.8. The summed E-state index contributed by atoms with van der Waals surface area (Å²) < 4.78 is 12.3. The molecule has 0 atom stereocenters. The van der Waals surface area contributed by atoms with E-state index < -0.39 is 0 Å². The van der Waals surface area contributed by atoms with Gasteiger partial charge in [0.05, 0.1) is 12.9 Å². The van der Waals surface area contributed by atoms with Crippen molar-refractivity contribution in [2.75, 3.05) is 18.2 Å². The Morgan fingerprint density at radius 2 is 2.18 bits per heavy atom. The second-order valence-corrected chi connectivity index (χ2v) is 5.81. The number of aromatic nitrogens is 3. The van der Waals surface area contributed by atoms with Crippen molar-refractivity contribution in [1.82, 2.24) is 14.9 Å². The summed E-state index contributed by atoms with van der Waals surface area (Å²) in [6.45, 7) is 0.508. The minimum absolute atomic E-state index is 0.489. The van der Waals surface area contributed by atoms with E-state index in [9.17, 15) is 0 Å². The minimum atomic E-state index is 0.489. The number of nitrogens with two attached hydrogens (primary N) is 1. The maximum absolute atomic E-state index is 5.96. The van der Waals surface area contributed by atoms with E-state index in [1.807, 2.05) is 12.1 Å². The number of rotatable bonds is 6. The van der Waals surface area contributed by atoms with Crippen LogP contribution < -0.4 is 10.6 Å². The summed E-state index contributed by atoms with van der Waals surface area (Å²) in [4.78, 5) is 0. The normalized spacial score (nSPS) is 10.8. The number of halogens is 1. The van der Waals surface area contributed by atoms with E-state index in [2.05, 4.69) is 10.2 Å². The summed E-state index contributed by atoms with van der Waals surface area (Å²) in [5.41, 5.74) is 0. The molecule has 0 amide bonds. The average Bonchev–Trinajstić information content (AvgIpc) is 3.14. The van der Waals surface area contributed by atoms with Gasteiger partial charge in [0.25, 0.3) is 0 Å². The molecule has 1 aromatic carbocycles. The zero-order valence-electron chi connectivity index (χ0n) is 11.5. The summed E-state index contributed by atoms with van der Waals surface area (Å²) in [7, 11) is 0. The fourth-order valence-electron chi connectivity index (χ4n) is 1.80. The molecule has 0 bridgehead atoms. The number of benzene rings is 1. The van der Waals surface area contributed by atoms with E-state index in [1.165, 1.54) is 16.4 Å². The zero-order valence-corrected chi connectivity index (χ0v) is 13.0. The molecule has 2 N–H and O–H groups in total.